The van der Waals surface area contributed by atoms with E-state index in [2.05, 4.69) is 13.0 Å². The molecule has 0 aromatic rings. The van der Waals surface area contributed by atoms with Crippen molar-refractivity contribution in [2.75, 3.05) is 0 Å². The standard InChI is InChI=1S/C14H17NO/c1-13(2)11-6-4-5-10(9-15)14(11,3)8-7-12(13)16/h4-6,10H,7-8H2,1-3H3/t10-,14-/m1/s1. The van der Waals surface area contributed by atoms with Crippen LogP contribution in [0.25, 0.3) is 0 Å². The molecule has 2 rings (SSSR count). The number of hydrogen-bond donors (Lipinski definition) is 0. The van der Waals surface area contributed by atoms with Gasteiger partial charge in [0.1, 0.15) is 5.78 Å². The summed E-state index contributed by atoms with van der Waals surface area (Å²) < 4.78 is 0. The van der Waals surface area contributed by atoms with Crippen molar-refractivity contribution in [2.24, 2.45) is 16.7 Å². The average Bonchev–Trinajstić information content (AvgIpc) is 2.24. The van der Waals surface area contributed by atoms with E-state index >= 15 is 0 Å². The van der Waals surface area contributed by atoms with E-state index in [4.69, 9.17) is 0 Å². The Morgan fingerprint density at radius 2 is 2.12 bits per heavy atom. The van der Waals surface area contributed by atoms with Crippen LogP contribution >= 0.6 is 0 Å². The minimum absolute atomic E-state index is 0.0973. The van der Waals surface area contributed by atoms with Gasteiger partial charge in [0.05, 0.1) is 12.0 Å². The zero-order chi connectivity index (χ0) is 12.0. The van der Waals surface area contributed by atoms with E-state index in [9.17, 15) is 10.1 Å². The van der Waals surface area contributed by atoms with Crippen molar-refractivity contribution in [1.82, 2.24) is 0 Å². The molecule has 2 aliphatic rings. The third kappa shape index (κ3) is 1.28. The molecule has 1 saturated carbocycles. The van der Waals surface area contributed by atoms with Gasteiger partial charge in [0.15, 0.2) is 0 Å². The molecule has 0 aliphatic heterocycles. The van der Waals surface area contributed by atoms with Gasteiger partial charge in [0.2, 0.25) is 0 Å². The lowest BCUT2D eigenvalue weighted by Crippen LogP contribution is -2.44. The molecule has 0 aromatic heterocycles. The van der Waals surface area contributed by atoms with Crippen LogP contribution in [0.2, 0.25) is 0 Å². The summed E-state index contributed by atoms with van der Waals surface area (Å²) in [5, 5.41) is 9.22. The van der Waals surface area contributed by atoms with Crippen LogP contribution in [0.4, 0.5) is 0 Å². The summed E-state index contributed by atoms with van der Waals surface area (Å²) >= 11 is 0. The van der Waals surface area contributed by atoms with Gasteiger partial charge < -0.3 is 0 Å². The first-order valence-electron chi connectivity index (χ1n) is 5.75. The van der Waals surface area contributed by atoms with Gasteiger partial charge in [-0.1, -0.05) is 25.2 Å². The monoisotopic (exact) mass is 215 g/mol. The van der Waals surface area contributed by atoms with Crippen molar-refractivity contribution in [3.05, 3.63) is 23.8 Å². The van der Waals surface area contributed by atoms with Gasteiger partial charge in [-0.25, -0.2) is 0 Å². The summed E-state index contributed by atoms with van der Waals surface area (Å²) in [6, 6.07) is 2.36. The van der Waals surface area contributed by atoms with E-state index < -0.39 is 5.41 Å². The highest BCUT2D eigenvalue weighted by molar-refractivity contribution is 5.89. The van der Waals surface area contributed by atoms with Crippen molar-refractivity contribution in [1.29, 1.82) is 5.26 Å². The highest BCUT2D eigenvalue weighted by atomic mass is 16.1. The zero-order valence-corrected chi connectivity index (χ0v) is 10.1. The first-order valence-corrected chi connectivity index (χ1v) is 5.75. The molecule has 0 saturated heterocycles. The Morgan fingerprint density at radius 3 is 2.75 bits per heavy atom. The quantitative estimate of drug-likeness (QED) is 0.623. The second-order valence-electron chi connectivity index (χ2n) is 5.54. The Balaban J connectivity index is 2.54. The first kappa shape index (κ1) is 11.1. The van der Waals surface area contributed by atoms with E-state index in [0.29, 0.717) is 12.2 Å². The fourth-order valence-corrected chi connectivity index (χ4v) is 3.07. The van der Waals surface area contributed by atoms with E-state index in [1.165, 1.54) is 0 Å². The molecule has 2 atom stereocenters. The summed E-state index contributed by atoms with van der Waals surface area (Å²) in [5.41, 5.74) is 0.568. The molecule has 0 aromatic carbocycles. The Kier molecular flexibility index (Phi) is 2.31. The van der Waals surface area contributed by atoms with E-state index in [0.717, 1.165) is 12.0 Å². The topological polar surface area (TPSA) is 40.9 Å². The van der Waals surface area contributed by atoms with Crippen LogP contribution in [0.15, 0.2) is 23.8 Å². The maximum absolute atomic E-state index is 12.0. The van der Waals surface area contributed by atoms with Crippen LogP contribution in [0.5, 0.6) is 0 Å². The minimum Gasteiger partial charge on any atom is -0.299 e. The summed E-state index contributed by atoms with van der Waals surface area (Å²) in [7, 11) is 0. The number of hydrogen-bond acceptors (Lipinski definition) is 2. The number of nitrogens with zero attached hydrogens (tertiary/aromatic N) is 1. The van der Waals surface area contributed by atoms with Gasteiger partial charge in [0, 0.05) is 17.3 Å². The number of fused-ring (bicyclic) bond motifs is 1. The second kappa shape index (κ2) is 3.31. The Morgan fingerprint density at radius 1 is 1.44 bits per heavy atom. The molecule has 84 valence electrons. The van der Waals surface area contributed by atoms with Crippen LogP contribution in [-0.2, 0) is 4.79 Å². The van der Waals surface area contributed by atoms with Crippen molar-refractivity contribution in [3.63, 3.8) is 0 Å². The predicted molar refractivity (Wildman–Crippen MR) is 62.5 cm³/mol. The molecule has 0 spiro atoms. The highest BCUT2D eigenvalue weighted by Crippen LogP contribution is 2.54. The van der Waals surface area contributed by atoms with Gasteiger partial charge in [-0.2, -0.15) is 5.26 Å². The first-order chi connectivity index (χ1) is 7.43. The van der Waals surface area contributed by atoms with E-state index in [1.807, 2.05) is 32.1 Å². The number of carbonyl (C=O) groups is 1. The number of nitriles is 1. The number of rotatable bonds is 0. The average molecular weight is 215 g/mol. The van der Waals surface area contributed by atoms with Crippen LogP contribution in [-0.4, -0.2) is 5.78 Å². The molecule has 0 unspecified atom stereocenters. The van der Waals surface area contributed by atoms with Gasteiger partial charge in [-0.05, 0) is 25.8 Å². The van der Waals surface area contributed by atoms with Crippen LogP contribution in [0.1, 0.15) is 33.6 Å². The molecular weight excluding hydrogens is 198 g/mol. The lowest BCUT2D eigenvalue weighted by Gasteiger charge is -2.47. The van der Waals surface area contributed by atoms with Crippen LogP contribution < -0.4 is 0 Å². The molecule has 2 heteroatoms. The van der Waals surface area contributed by atoms with Gasteiger partial charge in [0.25, 0.3) is 0 Å². The summed E-state index contributed by atoms with van der Waals surface area (Å²) in [6.07, 6.45) is 7.29. The summed E-state index contributed by atoms with van der Waals surface area (Å²) in [4.78, 5) is 12.0. The maximum Gasteiger partial charge on any atom is 0.142 e. The zero-order valence-electron chi connectivity index (χ0n) is 10.1. The Labute approximate surface area is 96.6 Å². The molecule has 0 radical (unpaired) electrons. The van der Waals surface area contributed by atoms with Crippen LogP contribution in [0, 0.1) is 28.1 Å². The normalized spacial score (nSPS) is 36.2. The number of allylic oxidation sites excluding steroid dienone is 4. The molecule has 16 heavy (non-hydrogen) atoms. The molecular formula is C14H17NO. The molecule has 0 heterocycles. The Bertz CT molecular complexity index is 436. The van der Waals surface area contributed by atoms with Crippen molar-refractivity contribution in [3.8, 4) is 6.07 Å². The van der Waals surface area contributed by atoms with Crippen molar-refractivity contribution >= 4 is 5.78 Å². The minimum atomic E-state index is -0.410. The number of carbonyl (C=O) groups excluding carboxylic acids is 1. The molecule has 0 N–H and O–H groups in total. The van der Waals surface area contributed by atoms with Crippen LogP contribution in [0.3, 0.4) is 0 Å². The second-order valence-corrected chi connectivity index (χ2v) is 5.54. The fourth-order valence-electron chi connectivity index (χ4n) is 3.07. The molecule has 0 bridgehead atoms. The SMILES string of the molecule is CC1(C)C(=O)CC[C@@]2(C)C1=CC=C[C@@H]2C#N. The third-order valence-corrected chi connectivity index (χ3v) is 4.25. The molecule has 2 aliphatic carbocycles. The van der Waals surface area contributed by atoms with Gasteiger partial charge in [-0.15, -0.1) is 0 Å². The molecule has 2 nitrogen and oxygen atoms in total. The maximum atomic E-state index is 12.0. The molecule has 1 fully saturated rings. The summed E-state index contributed by atoms with van der Waals surface area (Å²) in [5.74, 6) is 0.197. The van der Waals surface area contributed by atoms with Gasteiger partial charge in [-0.3, -0.25) is 4.79 Å². The lowest BCUT2D eigenvalue weighted by molar-refractivity contribution is -0.128. The highest BCUT2D eigenvalue weighted by Gasteiger charge is 2.50. The van der Waals surface area contributed by atoms with Gasteiger partial charge >= 0.3 is 0 Å². The smallest absolute Gasteiger partial charge is 0.142 e. The Hall–Kier alpha value is -1.36. The lowest BCUT2D eigenvalue weighted by atomic mass is 9.54. The van der Waals surface area contributed by atoms with Crippen molar-refractivity contribution < 1.29 is 4.79 Å². The third-order valence-electron chi connectivity index (χ3n) is 4.25. The fraction of sp³-hybridized carbons (Fsp3) is 0.571. The van der Waals surface area contributed by atoms with Crippen molar-refractivity contribution in [2.45, 2.75) is 33.6 Å². The number of ketones is 1. The van der Waals surface area contributed by atoms with E-state index in [-0.39, 0.29) is 11.3 Å². The number of Topliss-reactive ketones (excluding diaryl/α,β-unsaturated/α-hetero) is 1. The summed E-state index contributed by atoms with van der Waals surface area (Å²) in [6.45, 7) is 6.07. The largest absolute Gasteiger partial charge is 0.299 e. The van der Waals surface area contributed by atoms with E-state index in [1.54, 1.807) is 0 Å². The predicted octanol–water partition coefficient (Wildman–Crippen LogP) is 3.02. The molecule has 0 amide bonds.